The van der Waals surface area contributed by atoms with E-state index in [-0.39, 0.29) is 16.9 Å². The van der Waals surface area contributed by atoms with Crippen molar-refractivity contribution in [2.75, 3.05) is 33.8 Å². The summed E-state index contributed by atoms with van der Waals surface area (Å²) in [5.41, 5.74) is 0.912. The van der Waals surface area contributed by atoms with Crippen LogP contribution < -0.4 is 4.74 Å². The van der Waals surface area contributed by atoms with Crippen LogP contribution in [0.4, 0.5) is 4.39 Å². The smallest absolute Gasteiger partial charge is 0.295 e. The fraction of sp³-hybridized carbons (Fsp3) is 0.304. The summed E-state index contributed by atoms with van der Waals surface area (Å²) in [6, 6.07) is 11.5. The van der Waals surface area contributed by atoms with Gasteiger partial charge in [-0.1, -0.05) is 12.1 Å². The first-order chi connectivity index (χ1) is 14.3. The number of ketones is 1. The van der Waals surface area contributed by atoms with Gasteiger partial charge >= 0.3 is 0 Å². The van der Waals surface area contributed by atoms with Crippen LogP contribution in [0.2, 0.25) is 0 Å². The third-order valence-electron chi connectivity index (χ3n) is 4.93. The number of amides is 1. The molecule has 1 atom stereocenters. The Morgan fingerprint density at radius 3 is 2.50 bits per heavy atom. The lowest BCUT2D eigenvalue weighted by atomic mass is 9.95. The molecule has 1 N–H and O–H groups in total. The number of aliphatic hydroxyl groups is 1. The van der Waals surface area contributed by atoms with E-state index in [1.807, 2.05) is 25.9 Å². The molecule has 158 valence electrons. The summed E-state index contributed by atoms with van der Waals surface area (Å²) >= 11 is 0. The van der Waals surface area contributed by atoms with E-state index in [4.69, 9.17) is 4.74 Å². The Labute approximate surface area is 175 Å². The topological polar surface area (TPSA) is 70.1 Å². The zero-order valence-electron chi connectivity index (χ0n) is 17.3. The molecule has 7 heteroatoms. The van der Waals surface area contributed by atoms with Gasteiger partial charge in [-0.05, 0) is 63.0 Å². The highest BCUT2D eigenvalue weighted by atomic mass is 19.1. The molecule has 1 unspecified atom stereocenters. The Kier molecular flexibility index (Phi) is 6.52. The highest BCUT2D eigenvalue weighted by Crippen LogP contribution is 2.40. The van der Waals surface area contributed by atoms with Gasteiger partial charge in [-0.2, -0.15) is 0 Å². The third kappa shape index (κ3) is 4.36. The second kappa shape index (κ2) is 9.09. The minimum Gasteiger partial charge on any atom is -0.507 e. The first-order valence-electron chi connectivity index (χ1n) is 9.75. The van der Waals surface area contributed by atoms with Gasteiger partial charge in [0.1, 0.15) is 17.3 Å². The molecular formula is C23H25FN2O4. The van der Waals surface area contributed by atoms with Crippen LogP contribution in [0, 0.1) is 5.82 Å². The molecule has 2 aromatic carbocycles. The number of nitrogens with zero attached hydrogens (tertiary/aromatic N) is 2. The average Bonchev–Trinajstić information content (AvgIpc) is 2.97. The number of hydrogen-bond acceptors (Lipinski definition) is 5. The summed E-state index contributed by atoms with van der Waals surface area (Å²) in [6.45, 7) is 3.19. The number of rotatable bonds is 7. The van der Waals surface area contributed by atoms with E-state index in [1.54, 1.807) is 24.3 Å². The summed E-state index contributed by atoms with van der Waals surface area (Å²) in [7, 11) is 3.75. The Morgan fingerprint density at radius 1 is 1.17 bits per heavy atom. The van der Waals surface area contributed by atoms with Crippen LogP contribution in [0.25, 0.3) is 5.76 Å². The van der Waals surface area contributed by atoms with Gasteiger partial charge in [0.05, 0.1) is 18.2 Å². The zero-order valence-corrected chi connectivity index (χ0v) is 17.3. The summed E-state index contributed by atoms with van der Waals surface area (Å²) in [6.07, 6.45) is 0. The van der Waals surface area contributed by atoms with E-state index in [2.05, 4.69) is 0 Å². The highest BCUT2D eigenvalue weighted by Gasteiger charge is 2.46. The van der Waals surface area contributed by atoms with Crippen molar-refractivity contribution in [1.82, 2.24) is 9.80 Å². The number of carbonyl (C=O) groups excluding carboxylic acids is 2. The zero-order chi connectivity index (χ0) is 21.8. The molecule has 3 rings (SSSR count). The Hall–Kier alpha value is -3.19. The van der Waals surface area contributed by atoms with Crippen LogP contribution in [-0.2, 0) is 9.59 Å². The second-order valence-electron chi connectivity index (χ2n) is 7.31. The molecule has 2 aromatic rings. The van der Waals surface area contributed by atoms with Crippen molar-refractivity contribution in [3.8, 4) is 5.75 Å². The van der Waals surface area contributed by atoms with Gasteiger partial charge in [-0.15, -0.1) is 0 Å². The van der Waals surface area contributed by atoms with E-state index in [9.17, 15) is 19.1 Å². The summed E-state index contributed by atoms with van der Waals surface area (Å²) in [5.74, 6) is -1.61. The maximum atomic E-state index is 13.3. The number of benzene rings is 2. The van der Waals surface area contributed by atoms with Crippen molar-refractivity contribution in [3.63, 3.8) is 0 Å². The average molecular weight is 412 g/mol. The van der Waals surface area contributed by atoms with Gasteiger partial charge in [0.2, 0.25) is 0 Å². The van der Waals surface area contributed by atoms with Crippen LogP contribution in [0.5, 0.6) is 5.75 Å². The Bertz CT molecular complexity index is 969. The molecule has 0 radical (unpaired) electrons. The SMILES string of the molecule is CCOc1cccc(C2/C(=C(\O)c3ccc(F)cc3)C(=O)C(=O)N2CCN(C)C)c1. The maximum absolute atomic E-state index is 13.3. The standard InChI is InChI=1S/C23H25FN2O4/c1-4-30-18-7-5-6-16(14-18)20-19(21(27)15-8-10-17(24)11-9-15)22(28)23(29)26(20)13-12-25(2)3/h5-11,14,20,27H,4,12-13H2,1-3H3/b21-19+. The quantitative estimate of drug-likeness (QED) is 0.430. The van der Waals surface area contributed by atoms with Crippen molar-refractivity contribution in [3.05, 3.63) is 71.0 Å². The maximum Gasteiger partial charge on any atom is 0.295 e. The van der Waals surface area contributed by atoms with Crippen molar-refractivity contribution < 1.29 is 23.8 Å². The third-order valence-corrected chi connectivity index (χ3v) is 4.93. The van der Waals surface area contributed by atoms with Crippen LogP contribution in [0.15, 0.2) is 54.1 Å². The minimum absolute atomic E-state index is 0.0148. The van der Waals surface area contributed by atoms with E-state index >= 15 is 0 Å². The summed E-state index contributed by atoms with van der Waals surface area (Å²) < 4.78 is 18.9. The number of likely N-dealkylation sites (tertiary alicyclic amines) is 1. The van der Waals surface area contributed by atoms with E-state index in [0.29, 0.717) is 31.0 Å². The van der Waals surface area contributed by atoms with Gasteiger partial charge in [-0.25, -0.2) is 4.39 Å². The summed E-state index contributed by atoms with van der Waals surface area (Å²) in [4.78, 5) is 29.1. The number of likely N-dealkylation sites (N-methyl/N-ethyl adjacent to an activating group) is 1. The van der Waals surface area contributed by atoms with Gasteiger partial charge in [0, 0.05) is 18.7 Å². The van der Waals surface area contributed by atoms with E-state index < -0.39 is 23.5 Å². The lowest BCUT2D eigenvalue weighted by molar-refractivity contribution is -0.140. The summed E-state index contributed by atoms with van der Waals surface area (Å²) in [5, 5.41) is 10.9. The predicted octanol–water partition coefficient (Wildman–Crippen LogP) is 3.21. The molecule has 1 saturated heterocycles. The molecule has 0 aromatic heterocycles. The number of carbonyl (C=O) groups is 2. The van der Waals surface area contributed by atoms with Gasteiger partial charge in [0.25, 0.3) is 11.7 Å². The molecular weight excluding hydrogens is 387 g/mol. The molecule has 1 heterocycles. The van der Waals surface area contributed by atoms with Crippen molar-refractivity contribution in [1.29, 1.82) is 0 Å². The normalized spacial score (nSPS) is 18.3. The molecule has 1 fully saturated rings. The van der Waals surface area contributed by atoms with Gasteiger partial charge in [0.15, 0.2) is 0 Å². The monoisotopic (exact) mass is 412 g/mol. The molecule has 1 aliphatic heterocycles. The molecule has 0 spiro atoms. The number of hydrogen-bond donors (Lipinski definition) is 1. The van der Waals surface area contributed by atoms with Crippen molar-refractivity contribution in [2.24, 2.45) is 0 Å². The molecule has 30 heavy (non-hydrogen) atoms. The lowest BCUT2D eigenvalue weighted by Gasteiger charge is -2.26. The van der Waals surface area contributed by atoms with E-state index in [1.165, 1.54) is 29.2 Å². The fourth-order valence-electron chi connectivity index (χ4n) is 3.47. The van der Waals surface area contributed by atoms with Crippen molar-refractivity contribution in [2.45, 2.75) is 13.0 Å². The van der Waals surface area contributed by atoms with E-state index in [0.717, 1.165) is 0 Å². The van der Waals surface area contributed by atoms with Crippen molar-refractivity contribution >= 4 is 17.4 Å². The molecule has 6 nitrogen and oxygen atoms in total. The number of ether oxygens (including phenoxy) is 1. The molecule has 0 saturated carbocycles. The lowest BCUT2D eigenvalue weighted by Crippen LogP contribution is -2.35. The number of halogens is 1. The largest absolute Gasteiger partial charge is 0.507 e. The fourth-order valence-corrected chi connectivity index (χ4v) is 3.47. The van der Waals surface area contributed by atoms with Gasteiger partial charge in [-0.3, -0.25) is 9.59 Å². The Morgan fingerprint density at radius 2 is 1.87 bits per heavy atom. The highest BCUT2D eigenvalue weighted by molar-refractivity contribution is 6.46. The molecule has 1 amide bonds. The minimum atomic E-state index is -0.768. The van der Waals surface area contributed by atoms with Crippen LogP contribution in [-0.4, -0.2) is 60.4 Å². The first kappa shape index (κ1) is 21.5. The molecule has 0 bridgehead atoms. The Balaban J connectivity index is 2.14. The predicted molar refractivity (Wildman–Crippen MR) is 112 cm³/mol. The van der Waals surface area contributed by atoms with Gasteiger partial charge < -0.3 is 19.6 Å². The first-order valence-corrected chi connectivity index (χ1v) is 9.75. The second-order valence-corrected chi connectivity index (χ2v) is 7.31. The molecule has 1 aliphatic rings. The molecule has 0 aliphatic carbocycles. The van der Waals surface area contributed by atoms with Crippen LogP contribution in [0.3, 0.4) is 0 Å². The van der Waals surface area contributed by atoms with Crippen LogP contribution >= 0.6 is 0 Å². The number of Topliss-reactive ketones (excluding diaryl/α,β-unsaturated/α-hetero) is 1. The van der Waals surface area contributed by atoms with Crippen LogP contribution in [0.1, 0.15) is 24.1 Å². The number of aliphatic hydroxyl groups excluding tert-OH is 1.